The summed E-state index contributed by atoms with van der Waals surface area (Å²) in [6.45, 7) is 24.4. The molecule has 11 nitrogen and oxygen atoms in total. The van der Waals surface area contributed by atoms with Crippen LogP contribution in [0.5, 0.6) is 0 Å². The van der Waals surface area contributed by atoms with Crippen molar-refractivity contribution >= 4 is 17.7 Å². The monoisotopic (exact) mass is 578 g/mol. The number of nitrogens with one attached hydrogen (secondary N) is 2. The summed E-state index contributed by atoms with van der Waals surface area (Å²) in [6, 6.07) is 0. The van der Waals surface area contributed by atoms with Crippen LogP contribution in [0.25, 0.3) is 0 Å². The van der Waals surface area contributed by atoms with Crippen LogP contribution in [0.3, 0.4) is 0 Å². The Morgan fingerprint density at radius 3 is 1.49 bits per heavy atom. The first-order valence-electron chi connectivity index (χ1n) is 14.8. The zero-order valence-electron chi connectivity index (χ0n) is 25.8. The van der Waals surface area contributed by atoms with Gasteiger partial charge in [-0.1, -0.05) is 34.6 Å². The second-order valence-electron chi connectivity index (χ2n) is 12.2. The minimum absolute atomic E-state index is 0.0981. The molecule has 0 aliphatic carbocycles. The number of amides is 1. The Morgan fingerprint density at radius 1 is 0.615 bits per heavy atom. The molecule has 0 radical (unpaired) electrons. The standard InChI is InChI=1S/C27H63ClN10O/c1-26(2,3)24-27(4,5)25(39)34-12-17-36(14-8-31)20-22-38(28)23-21-37(15-9-32)19-18-35(13-7-30)16-11-33-10-6-29/h33H,6-24,29-32H2,1-5H3,(H,34,39). The summed E-state index contributed by atoms with van der Waals surface area (Å²) in [5.41, 5.74) is 22.8. The van der Waals surface area contributed by atoms with E-state index >= 15 is 0 Å². The molecule has 0 aliphatic heterocycles. The van der Waals surface area contributed by atoms with E-state index in [1.165, 1.54) is 0 Å². The second-order valence-corrected chi connectivity index (χ2v) is 12.7. The topological polar surface area (TPSA) is 158 Å². The number of carbonyl (C=O) groups is 1. The zero-order chi connectivity index (χ0) is 29.7. The molecule has 1 amide bonds. The van der Waals surface area contributed by atoms with Crippen LogP contribution >= 0.6 is 11.8 Å². The fraction of sp³-hybridized carbons (Fsp3) is 0.963. The van der Waals surface area contributed by atoms with Gasteiger partial charge in [-0.15, -0.1) is 0 Å². The van der Waals surface area contributed by atoms with E-state index in [9.17, 15) is 4.79 Å². The summed E-state index contributed by atoms with van der Waals surface area (Å²) in [5.74, 6) is 0.0981. The first kappa shape index (κ1) is 38.4. The van der Waals surface area contributed by atoms with Crippen molar-refractivity contribution in [3.63, 3.8) is 0 Å². The Hall–Kier alpha value is -0.600. The van der Waals surface area contributed by atoms with Crippen molar-refractivity contribution in [2.75, 3.05) is 118 Å². The van der Waals surface area contributed by atoms with E-state index < -0.39 is 5.41 Å². The summed E-state index contributed by atoms with van der Waals surface area (Å²) >= 11 is 6.59. The molecule has 0 saturated heterocycles. The molecule has 0 atom stereocenters. The Labute approximate surface area is 244 Å². The molecule has 0 aromatic carbocycles. The van der Waals surface area contributed by atoms with Crippen LogP contribution < -0.4 is 33.6 Å². The van der Waals surface area contributed by atoms with Gasteiger partial charge in [0, 0.05) is 123 Å². The van der Waals surface area contributed by atoms with Crippen LogP contribution in [-0.4, -0.2) is 143 Å². The summed E-state index contributed by atoms with van der Waals surface area (Å²) in [5, 5.41) is 6.46. The van der Waals surface area contributed by atoms with Crippen molar-refractivity contribution in [1.82, 2.24) is 29.8 Å². The normalized spacial score (nSPS) is 12.9. The van der Waals surface area contributed by atoms with Gasteiger partial charge in [0.2, 0.25) is 5.91 Å². The molecule has 0 rings (SSSR count). The first-order valence-corrected chi connectivity index (χ1v) is 15.1. The molecule has 10 N–H and O–H groups in total. The molecular formula is C27H63ClN10O. The Balaban J connectivity index is 4.54. The van der Waals surface area contributed by atoms with E-state index in [4.69, 9.17) is 34.7 Å². The molecule has 12 heteroatoms. The Morgan fingerprint density at radius 2 is 1.05 bits per heavy atom. The maximum absolute atomic E-state index is 12.7. The lowest BCUT2D eigenvalue weighted by atomic mass is 9.76. The van der Waals surface area contributed by atoms with Gasteiger partial charge in [-0.2, -0.15) is 0 Å². The third-order valence-electron chi connectivity index (χ3n) is 6.61. The molecule has 39 heavy (non-hydrogen) atoms. The average Bonchev–Trinajstić information content (AvgIpc) is 2.85. The van der Waals surface area contributed by atoms with E-state index in [0.29, 0.717) is 39.3 Å². The maximum Gasteiger partial charge on any atom is 0.225 e. The fourth-order valence-electron chi connectivity index (χ4n) is 4.89. The summed E-state index contributed by atoms with van der Waals surface area (Å²) < 4.78 is 1.84. The minimum Gasteiger partial charge on any atom is -0.354 e. The zero-order valence-corrected chi connectivity index (χ0v) is 26.6. The lowest BCUT2D eigenvalue weighted by Gasteiger charge is -2.31. The van der Waals surface area contributed by atoms with Crippen LogP contribution in [0.4, 0.5) is 0 Å². The van der Waals surface area contributed by atoms with Gasteiger partial charge in [0.1, 0.15) is 0 Å². The molecule has 0 aliphatic rings. The van der Waals surface area contributed by atoms with Gasteiger partial charge in [0.05, 0.1) is 0 Å². The van der Waals surface area contributed by atoms with Gasteiger partial charge in [-0.05, 0) is 23.6 Å². The number of halogens is 1. The molecule has 0 fully saturated rings. The van der Waals surface area contributed by atoms with Crippen molar-refractivity contribution < 1.29 is 4.79 Å². The van der Waals surface area contributed by atoms with E-state index in [0.717, 1.165) is 85.0 Å². The van der Waals surface area contributed by atoms with Gasteiger partial charge >= 0.3 is 0 Å². The quantitative estimate of drug-likeness (QED) is 0.0607. The Kier molecular flexibility index (Phi) is 21.7. The van der Waals surface area contributed by atoms with E-state index in [2.05, 4.69) is 46.1 Å². The largest absolute Gasteiger partial charge is 0.354 e. The van der Waals surface area contributed by atoms with E-state index in [1.807, 2.05) is 18.3 Å². The van der Waals surface area contributed by atoms with E-state index in [-0.39, 0.29) is 11.3 Å². The second kappa shape index (κ2) is 22.1. The van der Waals surface area contributed by atoms with Crippen LogP contribution in [0.1, 0.15) is 41.0 Å². The van der Waals surface area contributed by atoms with Crippen LogP contribution in [0.15, 0.2) is 0 Å². The lowest BCUT2D eigenvalue weighted by molar-refractivity contribution is -0.130. The van der Waals surface area contributed by atoms with Crippen molar-refractivity contribution in [2.24, 2.45) is 33.8 Å². The van der Waals surface area contributed by atoms with Gasteiger partial charge < -0.3 is 33.6 Å². The van der Waals surface area contributed by atoms with Crippen molar-refractivity contribution in [1.29, 1.82) is 0 Å². The highest BCUT2D eigenvalue weighted by Gasteiger charge is 2.32. The van der Waals surface area contributed by atoms with Gasteiger partial charge in [-0.3, -0.25) is 19.5 Å². The Bertz CT molecular complexity index is 606. The first-order chi connectivity index (χ1) is 18.4. The van der Waals surface area contributed by atoms with Crippen molar-refractivity contribution in [2.45, 2.75) is 41.0 Å². The molecule has 234 valence electrons. The average molecular weight is 579 g/mol. The summed E-state index contributed by atoms with van der Waals surface area (Å²) in [6.07, 6.45) is 0.831. The summed E-state index contributed by atoms with van der Waals surface area (Å²) in [4.78, 5) is 19.7. The highest BCUT2D eigenvalue weighted by atomic mass is 35.5. The lowest BCUT2D eigenvalue weighted by Crippen LogP contribution is -2.45. The maximum atomic E-state index is 12.7. The summed E-state index contributed by atoms with van der Waals surface area (Å²) in [7, 11) is 0. The van der Waals surface area contributed by atoms with E-state index in [1.54, 1.807) is 0 Å². The fourth-order valence-corrected chi connectivity index (χ4v) is 5.04. The minimum atomic E-state index is -0.401. The molecule has 0 aromatic heterocycles. The number of nitrogens with two attached hydrogens (primary N) is 4. The highest BCUT2D eigenvalue weighted by Crippen LogP contribution is 2.33. The molecule has 0 saturated carbocycles. The molecule has 0 aromatic rings. The predicted octanol–water partition coefficient (Wildman–Crippen LogP) is -0.649. The van der Waals surface area contributed by atoms with Crippen LogP contribution in [0.2, 0.25) is 0 Å². The highest BCUT2D eigenvalue weighted by molar-refractivity contribution is 6.13. The molecular weight excluding hydrogens is 516 g/mol. The third kappa shape index (κ3) is 20.9. The predicted molar refractivity (Wildman–Crippen MR) is 167 cm³/mol. The SMILES string of the molecule is CC(C)(C)CC(C)(C)C(=O)NCCN(CCN)CCN(Cl)CCN(CCN)CCN(CCN)CCNCCN. The van der Waals surface area contributed by atoms with Crippen LogP contribution in [-0.2, 0) is 4.79 Å². The number of nitrogens with zero attached hydrogens (tertiary/aromatic N) is 4. The molecule has 0 bridgehead atoms. The van der Waals surface area contributed by atoms with Gasteiger partial charge in [-0.25, -0.2) is 4.42 Å². The van der Waals surface area contributed by atoms with Crippen molar-refractivity contribution in [3.8, 4) is 0 Å². The molecule has 0 heterocycles. The smallest absolute Gasteiger partial charge is 0.225 e. The number of hydrogen-bond donors (Lipinski definition) is 6. The van der Waals surface area contributed by atoms with Gasteiger partial charge in [0.25, 0.3) is 0 Å². The van der Waals surface area contributed by atoms with Crippen molar-refractivity contribution in [3.05, 3.63) is 0 Å². The third-order valence-corrected chi connectivity index (χ3v) is 6.95. The van der Waals surface area contributed by atoms with Gasteiger partial charge in [0.15, 0.2) is 0 Å². The van der Waals surface area contributed by atoms with Crippen LogP contribution in [0, 0.1) is 10.8 Å². The number of hydrogen-bond acceptors (Lipinski definition) is 10. The molecule has 0 unspecified atom stereocenters. The number of rotatable bonds is 25. The number of carbonyl (C=O) groups excluding carboxylic acids is 1. The molecule has 0 spiro atoms.